The third-order valence-corrected chi connectivity index (χ3v) is 3.94. The van der Waals surface area contributed by atoms with E-state index in [1.807, 2.05) is 60.7 Å². The summed E-state index contributed by atoms with van der Waals surface area (Å²) >= 11 is 6.29. The third kappa shape index (κ3) is 2.34. The molecule has 0 unspecified atom stereocenters. The molecule has 1 heterocycles. The summed E-state index contributed by atoms with van der Waals surface area (Å²) in [6, 6.07) is 17.7. The van der Waals surface area contributed by atoms with E-state index in [2.05, 4.69) is 0 Å². The number of alkyl halides is 1. The number of rotatable bonds is 3. The molecule has 0 saturated carbocycles. The molecule has 2 aromatic carbocycles. The Hall–Kier alpha value is -2.11. The van der Waals surface area contributed by atoms with Crippen LogP contribution >= 0.6 is 11.6 Å². The molecular formula is C15H13ClN2O3. The number of anilines is 1. The Bertz CT molecular complexity index is 638. The zero-order valence-electron chi connectivity index (χ0n) is 11.1. The van der Waals surface area contributed by atoms with E-state index in [0.29, 0.717) is 0 Å². The molecule has 0 spiro atoms. The fourth-order valence-electron chi connectivity index (χ4n) is 2.47. The topological polar surface area (TPSA) is 55.6 Å². The van der Waals surface area contributed by atoms with E-state index in [-0.39, 0.29) is 6.61 Å². The van der Waals surface area contributed by atoms with Gasteiger partial charge in [-0.3, -0.25) is 15.0 Å². The molecule has 0 amide bonds. The SMILES string of the molecule is O=[N+]([O-])[C@]1(Cl)CON(c2ccccc2)[C@H]1c1ccccc1. The fourth-order valence-corrected chi connectivity index (χ4v) is 2.73. The summed E-state index contributed by atoms with van der Waals surface area (Å²) in [6.07, 6.45) is 0. The van der Waals surface area contributed by atoms with Crippen molar-refractivity contribution in [1.29, 1.82) is 0 Å². The van der Waals surface area contributed by atoms with Gasteiger partial charge in [0.15, 0.2) is 12.6 Å². The van der Waals surface area contributed by atoms with Crippen LogP contribution < -0.4 is 5.06 Å². The molecule has 2 aromatic rings. The summed E-state index contributed by atoms with van der Waals surface area (Å²) < 4.78 is 0. The first-order valence-corrected chi connectivity index (χ1v) is 6.86. The predicted octanol–water partition coefficient (Wildman–Crippen LogP) is 3.39. The molecule has 0 bridgehead atoms. The van der Waals surface area contributed by atoms with Crippen molar-refractivity contribution >= 4 is 17.3 Å². The molecule has 108 valence electrons. The normalized spacial score (nSPS) is 25.0. The number of nitro groups is 1. The van der Waals surface area contributed by atoms with Crippen molar-refractivity contribution < 1.29 is 9.76 Å². The minimum absolute atomic E-state index is 0.185. The summed E-state index contributed by atoms with van der Waals surface area (Å²) in [4.78, 5) is 14.8. The largest absolute Gasteiger partial charge is 0.347 e. The van der Waals surface area contributed by atoms with Crippen molar-refractivity contribution in [2.45, 2.75) is 11.0 Å². The number of nitrogens with zero attached hydrogens (tertiary/aromatic N) is 2. The number of para-hydroxylation sites is 1. The molecule has 1 aliphatic heterocycles. The summed E-state index contributed by atoms with van der Waals surface area (Å²) in [6.45, 7) is -0.185. The lowest BCUT2D eigenvalue weighted by Crippen LogP contribution is -2.41. The van der Waals surface area contributed by atoms with Crippen molar-refractivity contribution in [3.63, 3.8) is 0 Å². The standard InChI is InChI=1S/C15H13ClN2O3/c16-15(18(19)20)11-21-17(13-9-5-2-6-10-13)14(15)12-7-3-1-4-8-12/h1-10,14H,11H2/t14-,15+/m0/s1. The molecule has 6 heteroatoms. The van der Waals surface area contributed by atoms with Gasteiger partial charge in [-0.25, -0.2) is 5.06 Å². The van der Waals surface area contributed by atoms with Crippen LogP contribution in [0.3, 0.4) is 0 Å². The second-order valence-electron chi connectivity index (χ2n) is 4.82. The lowest BCUT2D eigenvalue weighted by atomic mass is 10.00. The monoisotopic (exact) mass is 304 g/mol. The lowest BCUT2D eigenvalue weighted by molar-refractivity contribution is -0.542. The first-order valence-electron chi connectivity index (χ1n) is 6.48. The smallest absolute Gasteiger partial charge is 0.263 e. The van der Waals surface area contributed by atoms with Crippen molar-refractivity contribution in [1.82, 2.24) is 0 Å². The van der Waals surface area contributed by atoms with E-state index in [9.17, 15) is 10.1 Å². The van der Waals surface area contributed by atoms with E-state index in [1.54, 1.807) is 0 Å². The van der Waals surface area contributed by atoms with Crippen LogP contribution in [0.5, 0.6) is 0 Å². The van der Waals surface area contributed by atoms with Gasteiger partial charge in [0, 0.05) is 4.92 Å². The average molecular weight is 305 g/mol. The summed E-state index contributed by atoms with van der Waals surface area (Å²) in [5.41, 5.74) is 1.47. The van der Waals surface area contributed by atoms with Crippen LogP contribution in [0.15, 0.2) is 60.7 Å². The third-order valence-electron chi connectivity index (χ3n) is 3.49. The Morgan fingerprint density at radius 3 is 2.29 bits per heavy atom. The minimum Gasteiger partial charge on any atom is -0.263 e. The number of halogens is 1. The maximum absolute atomic E-state index is 11.5. The van der Waals surface area contributed by atoms with Gasteiger partial charge in [0.1, 0.15) is 0 Å². The van der Waals surface area contributed by atoms with Crippen LogP contribution in [0.2, 0.25) is 0 Å². The van der Waals surface area contributed by atoms with Gasteiger partial charge in [-0.1, -0.05) is 48.5 Å². The van der Waals surface area contributed by atoms with Gasteiger partial charge in [-0.05, 0) is 29.3 Å². The summed E-state index contributed by atoms with van der Waals surface area (Å²) in [7, 11) is 0. The van der Waals surface area contributed by atoms with Crippen LogP contribution in [-0.4, -0.2) is 16.5 Å². The number of hydrogen-bond acceptors (Lipinski definition) is 4. The maximum atomic E-state index is 11.5. The van der Waals surface area contributed by atoms with Gasteiger partial charge in [0.25, 0.3) is 0 Å². The average Bonchev–Trinajstić information content (AvgIpc) is 2.88. The van der Waals surface area contributed by atoms with E-state index in [1.165, 1.54) is 5.06 Å². The highest BCUT2D eigenvalue weighted by Gasteiger charge is 2.59. The second kappa shape index (κ2) is 5.35. The minimum atomic E-state index is -1.71. The van der Waals surface area contributed by atoms with E-state index < -0.39 is 16.0 Å². The lowest BCUT2D eigenvalue weighted by Gasteiger charge is -2.27. The van der Waals surface area contributed by atoms with Gasteiger partial charge in [-0.2, -0.15) is 0 Å². The van der Waals surface area contributed by atoms with Gasteiger partial charge in [0.2, 0.25) is 0 Å². The van der Waals surface area contributed by atoms with Crippen LogP contribution in [0.25, 0.3) is 0 Å². The molecule has 2 atom stereocenters. The molecule has 1 fully saturated rings. The van der Waals surface area contributed by atoms with Crippen LogP contribution in [0.1, 0.15) is 11.6 Å². The van der Waals surface area contributed by atoms with Crippen LogP contribution in [0.4, 0.5) is 5.69 Å². The molecule has 0 radical (unpaired) electrons. The number of hydroxylamine groups is 1. The first-order chi connectivity index (χ1) is 10.1. The fraction of sp³-hybridized carbons (Fsp3) is 0.200. The molecule has 5 nitrogen and oxygen atoms in total. The highest BCUT2D eigenvalue weighted by Crippen LogP contribution is 2.45. The van der Waals surface area contributed by atoms with E-state index in [0.717, 1.165) is 11.3 Å². The van der Waals surface area contributed by atoms with Crippen molar-refractivity contribution in [2.75, 3.05) is 11.7 Å². The molecule has 3 rings (SSSR count). The van der Waals surface area contributed by atoms with Gasteiger partial charge in [-0.15, -0.1) is 0 Å². The highest BCUT2D eigenvalue weighted by molar-refractivity contribution is 6.23. The Kier molecular flexibility index (Phi) is 3.53. The zero-order valence-corrected chi connectivity index (χ0v) is 11.8. The maximum Gasteiger partial charge on any atom is 0.347 e. The van der Waals surface area contributed by atoms with Crippen LogP contribution in [-0.2, 0) is 4.84 Å². The van der Waals surface area contributed by atoms with Gasteiger partial charge >= 0.3 is 5.00 Å². The number of hydrogen-bond donors (Lipinski definition) is 0. The second-order valence-corrected chi connectivity index (χ2v) is 5.48. The van der Waals surface area contributed by atoms with E-state index in [4.69, 9.17) is 16.4 Å². The van der Waals surface area contributed by atoms with E-state index >= 15 is 0 Å². The van der Waals surface area contributed by atoms with Crippen molar-refractivity contribution in [2.24, 2.45) is 0 Å². The van der Waals surface area contributed by atoms with Gasteiger partial charge in [0.05, 0.1) is 5.69 Å². The van der Waals surface area contributed by atoms with Gasteiger partial charge < -0.3 is 0 Å². The molecule has 0 aliphatic carbocycles. The Morgan fingerprint density at radius 2 is 1.71 bits per heavy atom. The molecule has 1 aliphatic rings. The summed E-state index contributed by atoms with van der Waals surface area (Å²) in [5.74, 6) is 0. The Balaban J connectivity index is 2.08. The van der Waals surface area contributed by atoms with Crippen molar-refractivity contribution in [3.05, 3.63) is 76.3 Å². The quantitative estimate of drug-likeness (QED) is 0.377. The predicted molar refractivity (Wildman–Crippen MR) is 79.6 cm³/mol. The molecule has 1 saturated heterocycles. The Labute approximate surface area is 126 Å². The molecular weight excluding hydrogens is 292 g/mol. The molecule has 0 N–H and O–H groups in total. The zero-order chi connectivity index (χ0) is 14.9. The van der Waals surface area contributed by atoms with Crippen LogP contribution in [0, 0.1) is 10.1 Å². The highest BCUT2D eigenvalue weighted by atomic mass is 35.5. The summed E-state index contributed by atoms with van der Waals surface area (Å²) in [5, 5.41) is 13.0. The number of benzene rings is 2. The van der Waals surface area contributed by atoms with Crippen molar-refractivity contribution in [3.8, 4) is 0 Å². The molecule has 0 aromatic heterocycles. The molecule has 21 heavy (non-hydrogen) atoms. The Morgan fingerprint density at radius 1 is 1.14 bits per heavy atom. The first kappa shape index (κ1) is 13.9.